The lowest BCUT2D eigenvalue weighted by molar-refractivity contribution is -0.128. The number of carbonyl (C=O) groups excluding carboxylic acids is 2. The average Bonchev–Trinajstić information content (AvgIpc) is 3.18. The normalized spacial score (nSPS) is 26.1. The zero-order valence-electron chi connectivity index (χ0n) is 15.9. The molecule has 2 amide bonds. The Morgan fingerprint density at radius 1 is 0.759 bits per heavy atom. The minimum atomic E-state index is -1.05. The molecule has 2 saturated heterocycles. The number of para-hydroxylation sites is 2. The van der Waals surface area contributed by atoms with Gasteiger partial charge in [0.1, 0.15) is 5.41 Å². The minimum absolute atomic E-state index is 0.244. The van der Waals surface area contributed by atoms with Gasteiger partial charge in [-0.3, -0.25) is 14.4 Å². The zero-order valence-corrected chi connectivity index (χ0v) is 15.9. The molecule has 3 aromatic rings. The van der Waals surface area contributed by atoms with E-state index in [1.165, 1.54) is 4.90 Å². The van der Waals surface area contributed by atoms with Crippen LogP contribution in [0.1, 0.15) is 18.5 Å². The van der Waals surface area contributed by atoms with Crippen LogP contribution in [0.2, 0.25) is 0 Å². The standard InChI is InChI=1S/C24H20N2O3/c1-24-20(17-11-5-2-6-12-17)26(19-15-9-4-10-16-19)29-21(24)22(27)25(23(24)28)18-13-7-3-8-14-18/h2-16,20-21H,1H3/t20-,21-,24+/m0/s1. The Morgan fingerprint density at radius 3 is 1.86 bits per heavy atom. The number of carbonyl (C=O) groups is 2. The Labute approximate surface area is 169 Å². The van der Waals surface area contributed by atoms with Gasteiger partial charge in [0.15, 0.2) is 6.10 Å². The van der Waals surface area contributed by atoms with Crippen molar-refractivity contribution in [1.82, 2.24) is 0 Å². The summed E-state index contributed by atoms with van der Waals surface area (Å²) in [5.41, 5.74) is 1.26. The summed E-state index contributed by atoms with van der Waals surface area (Å²) < 4.78 is 0. The molecule has 2 aliphatic rings. The second-order valence-corrected chi connectivity index (χ2v) is 7.56. The largest absolute Gasteiger partial charge is 0.273 e. The van der Waals surface area contributed by atoms with Gasteiger partial charge in [-0.25, -0.2) is 9.96 Å². The molecule has 3 aromatic carbocycles. The molecule has 0 aliphatic carbocycles. The van der Waals surface area contributed by atoms with Crippen molar-refractivity contribution in [2.75, 3.05) is 9.96 Å². The van der Waals surface area contributed by atoms with Gasteiger partial charge in [0.2, 0.25) is 5.91 Å². The summed E-state index contributed by atoms with van der Waals surface area (Å²) in [7, 11) is 0. The molecule has 29 heavy (non-hydrogen) atoms. The fourth-order valence-electron chi connectivity index (χ4n) is 4.38. The highest BCUT2D eigenvalue weighted by Gasteiger charge is 2.68. The highest BCUT2D eigenvalue weighted by Crippen LogP contribution is 2.55. The number of hydrogen-bond donors (Lipinski definition) is 0. The number of anilines is 2. The Kier molecular flexibility index (Phi) is 4.00. The van der Waals surface area contributed by atoms with E-state index in [-0.39, 0.29) is 11.8 Å². The Hall–Kier alpha value is -3.44. The van der Waals surface area contributed by atoms with Crippen LogP contribution in [-0.4, -0.2) is 17.9 Å². The third-order valence-electron chi connectivity index (χ3n) is 5.82. The Bertz CT molecular complexity index is 1060. The summed E-state index contributed by atoms with van der Waals surface area (Å²) in [4.78, 5) is 34.5. The third kappa shape index (κ3) is 2.51. The van der Waals surface area contributed by atoms with Crippen molar-refractivity contribution < 1.29 is 14.4 Å². The van der Waals surface area contributed by atoms with Crippen LogP contribution in [-0.2, 0) is 14.4 Å². The van der Waals surface area contributed by atoms with Crippen molar-refractivity contribution in [2.45, 2.75) is 19.1 Å². The number of fused-ring (bicyclic) bond motifs is 1. The molecule has 144 valence electrons. The summed E-state index contributed by atoms with van der Waals surface area (Å²) in [6.07, 6.45) is -0.888. The average molecular weight is 384 g/mol. The molecular formula is C24H20N2O3. The van der Waals surface area contributed by atoms with E-state index in [9.17, 15) is 9.59 Å². The predicted octanol–water partition coefficient (Wildman–Crippen LogP) is 4.13. The molecule has 2 heterocycles. The van der Waals surface area contributed by atoms with Crippen LogP contribution >= 0.6 is 0 Å². The topological polar surface area (TPSA) is 49.9 Å². The van der Waals surface area contributed by atoms with Crippen molar-refractivity contribution >= 4 is 23.2 Å². The molecule has 2 aliphatic heterocycles. The molecule has 5 nitrogen and oxygen atoms in total. The fourth-order valence-corrected chi connectivity index (χ4v) is 4.38. The molecule has 3 atom stereocenters. The molecule has 0 unspecified atom stereocenters. The minimum Gasteiger partial charge on any atom is -0.273 e. The van der Waals surface area contributed by atoms with Crippen LogP contribution in [0.15, 0.2) is 91.0 Å². The van der Waals surface area contributed by atoms with Gasteiger partial charge in [0.05, 0.1) is 17.4 Å². The van der Waals surface area contributed by atoms with Gasteiger partial charge in [-0.1, -0.05) is 66.7 Å². The number of rotatable bonds is 3. The first-order valence-corrected chi connectivity index (χ1v) is 9.62. The van der Waals surface area contributed by atoms with E-state index < -0.39 is 17.6 Å². The highest BCUT2D eigenvalue weighted by molar-refractivity contribution is 6.25. The van der Waals surface area contributed by atoms with Crippen LogP contribution in [0.5, 0.6) is 0 Å². The molecule has 5 rings (SSSR count). The Balaban J connectivity index is 1.65. The maximum atomic E-state index is 13.7. The second-order valence-electron chi connectivity index (χ2n) is 7.56. The molecule has 0 aromatic heterocycles. The number of imide groups is 1. The molecule has 0 bridgehead atoms. The number of benzene rings is 3. The van der Waals surface area contributed by atoms with Gasteiger partial charge in [0.25, 0.3) is 5.91 Å². The van der Waals surface area contributed by atoms with E-state index >= 15 is 0 Å². The van der Waals surface area contributed by atoms with Crippen LogP contribution < -0.4 is 9.96 Å². The smallest absolute Gasteiger partial charge is 0.266 e. The number of hydrogen-bond acceptors (Lipinski definition) is 4. The van der Waals surface area contributed by atoms with Crippen LogP contribution in [0.3, 0.4) is 0 Å². The summed E-state index contributed by atoms with van der Waals surface area (Å²) in [6, 6.07) is 28.0. The molecular weight excluding hydrogens is 364 g/mol. The van der Waals surface area contributed by atoms with E-state index in [0.29, 0.717) is 5.69 Å². The van der Waals surface area contributed by atoms with Crippen LogP contribution in [0, 0.1) is 5.41 Å². The lowest BCUT2D eigenvalue weighted by Gasteiger charge is -2.32. The van der Waals surface area contributed by atoms with Gasteiger partial charge in [-0.2, -0.15) is 0 Å². The maximum absolute atomic E-state index is 13.7. The number of nitrogens with zero attached hydrogens (tertiary/aromatic N) is 2. The molecule has 2 fully saturated rings. The second kappa shape index (κ2) is 6.57. The molecule has 0 spiro atoms. The quantitative estimate of drug-likeness (QED) is 0.637. The number of hydroxylamine groups is 1. The summed E-state index contributed by atoms with van der Waals surface area (Å²) >= 11 is 0. The Morgan fingerprint density at radius 2 is 1.28 bits per heavy atom. The fraction of sp³-hybridized carbons (Fsp3) is 0.167. The number of amides is 2. The SMILES string of the molecule is C[C@]12C(=O)N(c3ccccc3)C(=O)[C@@H]1ON(c1ccccc1)[C@H]2c1ccccc1. The first kappa shape index (κ1) is 17.6. The molecule has 0 radical (unpaired) electrons. The van der Waals surface area contributed by atoms with Gasteiger partial charge < -0.3 is 0 Å². The molecule has 0 saturated carbocycles. The lowest BCUT2D eigenvalue weighted by Crippen LogP contribution is -2.41. The van der Waals surface area contributed by atoms with E-state index in [1.54, 1.807) is 17.2 Å². The molecule has 0 N–H and O–H groups in total. The zero-order chi connectivity index (χ0) is 20.0. The first-order valence-electron chi connectivity index (χ1n) is 9.62. The first-order chi connectivity index (χ1) is 14.1. The summed E-state index contributed by atoms with van der Waals surface area (Å²) in [5, 5.41) is 1.72. The van der Waals surface area contributed by atoms with Gasteiger partial charge in [-0.15, -0.1) is 0 Å². The summed E-state index contributed by atoms with van der Waals surface area (Å²) in [5.74, 6) is -0.575. The lowest BCUT2D eigenvalue weighted by atomic mass is 9.76. The van der Waals surface area contributed by atoms with E-state index in [1.807, 2.05) is 85.8 Å². The van der Waals surface area contributed by atoms with Crippen molar-refractivity contribution in [3.63, 3.8) is 0 Å². The summed E-state index contributed by atoms with van der Waals surface area (Å²) in [6.45, 7) is 1.83. The monoisotopic (exact) mass is 384 g/mol. The van der Waals surface area contributed by atoms with Gasteiger partial charge in [0, 0.05) is 0 Å². The van der Waals surface area contributed by atoms with Crippen molar-refractivity contribution in [1.29, 1.82) is 0 Å². The molecule has 5 heteroatoms. The van der Waals surface area contributed by atoms with Crippen LogP contribution in [0.25, 0.3) is 0 Å². The van der Waals surface area contributed by atoms with Crippen molar-refractivity contribution in [2.24, 2.45) is 5.41 Å². The van der Waals surface area contributed by atoms with E-state index in [2.05, 4.69) is 0 Å². The maximum Gasteiger partial charge on any atom is 0.266 e. The van der Waals surface area contributed by atoms with Crippen LogP contribution in [0.4, 0.5) is 11.4 Å². The van der Waals surface area contributed by atoms with Gasteiger partial charge >= 0.3 is 0 Å². The van der Waals surface area contributed by atoms with Crippen molar-refractivity contribution in [3.05, 3.63) is 96.6 Å². The van der Waals surface area contributed by atoms with E-state index in [4.69, 9.17) is 4.84 Å². The van der Waals surface area contributed by atoms with E-state index in [0.717, 1.165) is 11.3 Å². The van der Waals surface area contributed by atoms with Crippen molar-refractivity contribution in [3.8, 4) is 0 Å². The predicted molar refractivity (Wildman–Crippen MR) is 110 cm³/mol. The third-order valence-corrected chi connectivity index (χ3v) is 5.82. The van der Waals surface area contributed by atoms with Gasteiger partial charge in [-0.05, 0) is 36.8 Å². The highest BCUT2D eigenvalue weighted by atomic mass is 16.7.